The molecule has 32 heavy (non-hydrogen) atoms. The molecule has 0 unspecified atom stereocenters. The maximum Gasteiger partial charge on any atom is 0.250 e. The molecule has 2 aromatic carbocycles. The van der Waals surface area contributed by atoms with Gasteiger partial charge in [-0.1, -0.05) is 35.5 Å². The Balaban J connectivity index is 1.75. The Morgan fingerprint density at radius 1 is 1.19 bits per heavy atom. The number of fused-ring (bicyclic) bond motifs is 1. The molecule has 1 fully saturated rings. The molecule has 2 N–H and O–H groups in total. The molecule has 164 valence electrons. The average molecular weight is 431 g/mol. The van der Waals surface area contributed by atoms with Crippen molar-refractivity contribution in [3.05, 3.63) is 65.6 Å². The maximum atomic E-state index is 12.4. The van der Waals surface area contributed by atoms with Crippen molar-refractivity contribution in [3.8, 4) is 11.3 Å². The molecule has 5 rings (SSSR count). The number of rotatable bonds is 5. The van der Waals surface area contributed by atoms with E-state index in [-0.39, 0.29) is 6.04 Å². The van der Waals surface area contributed by atoms with Crippen LogP contribution < -0.4 is 5.73 Å². The summed E-state index contributed by atoms with van der Waals surface area (Å²) >= 11 is 0. The molecule has 1 aliphatic rings. The lowest BCUT2D eigenvalue weighted by Gasteiger charge is -2.32. The minimum atomic E-state index is -0.503. The molecule has 0 bridgehead atoms. The van der Waals surface area contributed by atoms with Crippen LogP contribution in [0.4, 0.5) is 0 Å². The molecule has 4 aromatic rings. The molecule has 8 nitrogen and oxygen atoms in total. The molecular weight excluding hydrogens is 404 g/mol. The standard InChI is InChI=1S/C24H26N6O2/c1-15-22(29(2)28-27-15)18-12-19(24(25)31)21-20(13-18)30(14-26-21)23(16-6-4-3-5-7-16)17-8-10-32-11-9-17/h3-7,12-14,17,23H,8-11H2,1-2H3,(H2,25,31)/t23-/m0/s1. The van der Waals surface area contributed by atoms with Gasteiger partial charge in [0.15, 0.2) is 0 Å². The first-order valence-corrected chi connectivity index (χ1v) is 10.8. The first-order chi connectivity index (χ1) is 15.5. The van der Waals surface area contributed by atoms with Crippen molar-refractivity contribution in [1.29, 1.82) is 0 Å². The number of amides is 1. The van der Waals surface area contributed by atoms with Gasteiger partial charge in [0.2, 0.25) is 0 Å². The van der Waals surface area contributed by atoms with Crippen molar-refractivity contribution in [2.45, 2.75) is 25.8 Å². The highest BCUT2D eigenvalue weighted by atomic mass is 16.5. The summed E-state index contributed by atoms with van der Waals surface area (Å²) in [7, 11) is 1.84. The van der Waals surface area contributed by atoms with Crippen LogP contribution in [-0.4, -0.2) is 43.7 Å². The molecule has 2 aromatic heterocycles. The third-order valence-electron chi connectivity index (χ3n) is 6.37. The Labute approximate surface area is 186 Å². The molecule has 0 spiro atoms. The van der Waals surface area contributed by atoms with Crippen LogP contribution in [0.5, 0.6) is 0 Å². The minimum absolute atomic E-state index is 0.0758. The van der Waals surface area contributed by atoms with Gasteiger partial charge in [0, 0.05) is 25.8 Å². The summed E-state index contributed by atoms with van der Waals surface area (Å²) in [4.78, 5) is 17.0. The van der Waals surface area contributed by atoms with Crippen molar-refractivity contribution in [2.24, 2.45) is 18.7 Å². The summed E-state index contributed by atoms with van der Waals surface area (Å²) in [6.07, 6.45) is 3.76. The van der Waals surface area contributed by atoms with E-state index in [1.807, 2.05) is 26.4 Å². The summed E-state index contributed by atoms with van der Waals surface area (Å²) in [6.45, 7) is 3.40. The Morgan fingerprint density at radius 2 is 1.94 bits per heavy atom. The fraction of sp³-hybridized carbons (Fsp3) is 0.333. The third-order valence-corrected chi connectivity index (χ3v) is 6.37. The van der Waals surface area contributed by atoms with E-state index in [2.05, 4.69) is 50.2 Å². The van der Waals surface area contributed by atoms with Crippen molar-refractivity contribution < 1.29 is 9.53 Å². The van der Waals surface area contributed by atoms with Gasteiger partial charge in [-0.05, 0) is 43.4 Å². The highest BCUT2D eigenvalue weighted by Crippen LogP contribution is 2.37. The SMILES string of the molecule is Cc1nnn(C)c1-c1cc(C(N)=O)c2ncn([C@@H](c3ccccc3)C3CCOCC3)c2c1. The van der Waals surface area contributed by atoms with E-state index in [1.54, 1.807) is 10.7 Å². The van der Waals surface area contributed by atoms with Crippen LogP contribution in [0.25, 0.3) is 22.3 Å². The fourth-order valence-electron chi connectivity index (χ4n) is 4.88. The molecule has 0 radical (unpaired) electrons. The first kappa shape index (κ1) is 20.4. The quantitative estimate of drug-likeness (QED) is 0.524. The van der Waals surface area contributed by atoms with Gasteiger partial charge in [-0.15, -0.1) is 5.10 Å². The number of nitrogens with zero attached hydrogens (tertiary/aromatic N) is 5. The largest absolute Gasteiger partial charge is 0.381 e. The van der Waals surface area contributed by atoms with Gasteiger partial charge < -0.3 is 15.0 Å². The molecular formula is C24H26N6O2. The van der Waals surface area contributed by atoms with E-state index in [1.165, 1.54) is 5.56 Å². The third kappa shape index (κ3) is 3.46. The summed E-state index contributed by atoms with van der Waals surface area (Å²) in [5.74, 6) is -0.110. The van der Waals surface area contributed by atoms with Gasteiger partial charge in [-0.2, -0.15) is 0 Å². The number of aromatic nitrogens is 5. The van der Waals surface area contributed by atoms with E-state index >= 15 is 0 Å². The molecule has 0 aliphatic carbocycles. The Morgan fingerprint density at radius 3 is 2.59 bits per heavy atom. The van der Waals surface area contributed by atoms with Crippen LogP contribution in [0.2, 0.25) is 0 Å². The zero-order valence-corrected chi connectivity index (χ0v) is 18.2. The van der Waals surface area contributed by atoms with Gasteiger partial charge in [0.25, 0.3) is 5.91 Å². The molecule has 1 aliphatic heterocycles. The number of benzene rings is 2. The van der Waals surface area contributed by atoms with Gasteiger partial charge in [-0.3, -0.25) is 4.79 Å². The van der Waals surface area contributed by atoms with Crippen LogP contribution in [-0.2, 0) is 11.8 Å². The number of aryl methyl sites for hydroxylation is 2. The second-order valence-electron chi connectivity index (χ2n) is 8.36. The molecule has 1 atom stereocenters. The smallest absolute Gasteiger partial charge is 0.250 e. The maximum absolute atomic E-state index is 12.4. The van der Waals surface area contributed by atoms with Crippen molar-refractivity contribution >= 4 is 16.9 Å². The lowest BCUT2D eigenvalue weighted by atomic mass is 9.86. The number of ether oxygens (including phenoxy) is 1. The monoisotopic (exact) mass is 430 g/mol. The Bertz CT molecular complexity index is 1250. The lowest BCUT2D eigenvalue weighted by Crippen LogP contribution is -2.26. The summed E-state index contributed by atoms with van der Waals surface area (Å²) in [5, 5.41) is 8.30. The van der Waals surface area contributed by atoms with Crippen LogP contribution >= 0.6 is 0 Å². The van der Waals surface area contributed by atoms with Crippen molar-refractivity contribution in [2.75, 3.05) is 13.2 Å². The highest BCUT2D eigenvalue weighted by molar-refractivity contribution is 6.06. The summed E-state index contributed by atoms with van der Waals surface area (Å²) in [5.41, 5.74) is 11.4. The number of hydrogen-bond acceptors (Lipinski definition) is 5. The number of imidazole rings is 1. The zero-order chi connectivity index (χ0) is 22.2. The van der Waals surface area contributed by atoms with E-state index in [9.17, 15) is 4.79 Å². The lowest BCUT2D eigenvalue weighted by molar-refractivity contribution is 0.0547. The summed E-state index contributed by atoms with van der Waals surface area (Å²) < 4.78 is 9.54. The zero-order valence-electron chi connectivity index (χ0n) is 18.2. The van der Waals surface area contributed by atoms with Crippen LogP contribution in [0, 0.1) is 12.8 Å². The Kier molecular flexibility index (Phi) is 5.22. The van der Waals surface area contributed by atoms with Crippen molar-refractivity contribution in [1.82, 2.24) is 24.5 Å². The topological polar surface area (TPSA) is 101 Å². The number of hydrogen-bond donors (Lipinski definition) is 1. The summed E-state index contributed by atoms with van der Waals surface area (Å²) in [6, 6.07) is 14.4. The molecule has 3 heterocycles. The normalized spacial score (nSPS) is 15.8. The second-order valence-corrected chi connectivity index (χ2v) is 8.36. The molecule has 8 heteroatoms. The first-order valence-electron chi connectivity index (χ1n) is 10.8. The number of carbonyl (C=O) groups excluding carboxylic acids is 1. The number of primary amides is 1. The van der Waals surface area contributed by atoms with Crippen LogP contribution in [0.3, 0.4) is 0 Å². The molecule has 1 amide bonds. The van der Waals surface area contributed by atoms with Gasteiger partial charge in [-0.25, -0.2) is 9.67 Å². The number of nitrogens with two attached hydrogens (primary N) is 1. The minimum Gasteiger partial charge on any atom is -0.381 e. The van der Waals surface area contributed by atoms with Crippen LogP contribution in [0.1, 0.15) is 40.5 Å². The van der Waals surface area contributed by atoms with E-state index in [4.69, 9.17) is 10.5 Å². The predicted octanol–water partition coefficient (Wildman–Crippen LogP) is 3.26. The molecule has 1 saturated heterocycles. The van der Waals surface area contributed by atoms with E-state index in [0.29, 0.717) is 17.0 Å². The van der Waals surface area contributed by atoms with Gasteiger partial charge >= 0.3 is 0 Å². The van der Waals surface area contributed by atoms with Crippen LogP contribution in [0.15, 0.2) is 48.8 Å². The van der Waals surface area contributed by atoms with E-state index in [0.717, 1.165) is 48.5 Å². The predicted molar refractivity (Wildman–Crippen MR) is 121 cm³/mol. The second kappa shape index (κ2) is 8.20. The molecule has 0 saturated carbocycles. The van der Waals surface area contributed by atoms with Gasteiger partial charge in [0.1, 0.15) is 5.52 Å². The van der Waals surface area contributed by atoms with Gasteiger partial charge in [0.05, 0.1) is 34.8 Å². The highest BCUT2D eigenvalue weighted by Gasteiger charge is 2.29. The van der Waals surface area contributed by atoms with E-state index < -0.39 is 5.91 Å². The Hall–Kier alpha value is -3.52. The number of carbonyl (C=O) groups is 1. The fourth-order valence-corrected chi connectivity index (χ4v) is 4.88. The average Bonchev–Trinajstić information content (AvgIpc) is 3.37. The van der Waals surface area contributed by atoms with Crippen molar-refractivity contribution in [3.63, 3.8) is 0 Å².